The first-order chi connectivity index (χ1) is 10.2. The van der Waals surface area contributed by atoms with Crippen LogP contribution < -0.4 is 4.90 Å². The zero-order valence-electron chi connectivity index (χ0n) is 12.8. The van der Waals surface area contributed by atoms with E-state index < -0.39 is 0 Å². The molecule has 0 aliphatic heterocycles. The van der Waals surface area contributed by atoms with Gasteiger partial charge in [0, 0.05) is 25.8 Å². The minimum absolute atomic E-state index is 0.456. The summed E-state index contributed by atoms with van der Waals surface area (Å²) in [5.41, 5.74) is 3.10. The number of aryl methyl sites for hydroxylation is 1. The predicted octanol–water partition coefficient (Wildman–Crippen LogP) is 3.39. The maximum Gasteiger partial charge on any atom is 0.137 e. The van der Waals surface area contributed by atoms with Crippen LogP contribution in [0.4, 0.5) is 5.82 Å². The molecule has 0 aliphatic rings. The van der Waals surface area contributed by atoms with Gasteiger partial charge in [-0.25, -0.2) is 4.68 Å². The highest BCUT2D eigenvalue weighted by molar-refractivity contribution is 6.17. The first kappa shape index (κ1) is 15.9. The number of para-hydroxylation sites is 1. The Morgan fingerprint density at radius 2 is 2.00 bits per heavy atom. The van der Waals surface area contributed by atoms with E-state index >= 15 is 0 Å². The molecule has 0 radical (unpaired) electrons. The molecule has 1 aromatic carbocycles. The molecular weight excluding hydrogens is 286 g/mol. The van der Waals surface area contributed by atoms with E-state index in [1.54, 1.807) is 7.11 Å². The van der Waals surface area contributed by atoms with Crippen molar-refractivity contribution >= 4 is 17.4 Å². The molecule has 0 aliphatic carbocycles. The maximum absolute atomic E-state index is 6.16. The van der Waals surface area contributed by atoms with Crippen molar-refractivity contribution in [3.63, 3.8) is 0 Å². The lowest BCUT2D eigenvalue weighted by Gasteiger charge is -2.24. The molecule has 0 saturated carbocycles. The molecule has 21 heavy (non-hydrogen) atoms. The SMILES string of the molecule is CCN(CCOC)c1c(CCl)c(C)nn1-c1ccccc1. The molecule has 2 aromatic rings. The quantitative estimate of drug-likeness (QED) is 0.735. The van der Waals surface area contributed by atoms with E-state index in [1.807, 2.05) is 29.8 Å². The smallest absolute Gasteiger partial charge is 0.137 e. The molecule has 0 saturated heterocycles. The standard InChI is InChI=1S/C16H22ClN3O/c1-4-19(10-11-21-3)16-15(12-17)13(2)18-20(16)14-8-6-5-7-9-14/h5-9H,4,10-12H2,1-3H3. The normalized spacial score (nSPS) is 10.9. The van der Waals surface area contributed by atoms with E-state index in [-0.39, 0.29) is 0 Å². The largest absolute Gasteiger partial charge is 0.383 e. The highest BCUT2D eigenvalue weighted by Crippen LogP contribution is 2.28. The van der Waals surface area contributed by atoms with Gasteiger partial charge in [0.15, 0.2) is 0 Å². The second kappa shape index (κ2) is 7.48. The Morgan fingerprint density at radius 1 is 1.29 bits per heavy atom. The van der Waals surface area contributed by atoms with Crippen molar-refractivity contribution in [3.8, 4) is 5.69 Å². The number of benzene rings is 1. The van der Waals surface area contributed by atoms with E-state index in [9.17, 15) is 0 Å². The van der Waals surface area contributed by atoms with Gasteiger partial charge < -0.3 is 9.64 Å². The number of ether oxygens (including phenoxy) is 1. The molecule has 2 rings (SSSR count). The molecule has 1 aromatic heterocycles. The van der Waals surface area contributed by atoms with E-state index in [1.165, 1.54) is 0 Å². The minimum atomic E-state index is 0.456. The van der Waals surface area contributed by atoms with Gasteiger partial charge in [0.25, 0.3) is 0 Å². The first-order valence-electron chi connectivity index (χ1n) is 7.16. The van der Waals surface area contributed by atoms with Gasteiger partial charge in [0.05, 0.1) is 23.9 Å². The number of anilines is 1. The van der Waals surface area contributed by atoms with Crippen molar-refractivity contribution in [3.05, 3.63) is 41.6 Å². The highest BCUT2D eigenvalue weighted by atomic mass is 35.5. The van der Waals surface area contributed by atoms with Crippen LogP contribution in [-0.2, 0) is 10.6 Å². The van der Waals surface area contributed by atoms with E-state index in [4.69, 9.17) is 16.3 Å². The topological polar surface area (TPSA) is 30.3 Å². The Bertz CT molecular complexity index is 568. The van der Waals surface area contributed by atoms with Crippen LogP contribution >= 0.6 is 11.6 Å². The summed E-state index contributed by atoms with van der Waals surface area (Å²) in [4.78, 5) is 2.26. The van der Waals surface area contributed by atoms with Gasteiger partial charge in [0.2, 0.25) is 0 Å². The van der Waals surface area contributed by atoms with Crippen LogP contribution in [0.25, 0.3) is 5.69 Å². The van der Waals surface area contributed by atoms with Gasteiger partial charge in [-0.05, 0) is 26.0 Å². The third-order valence-electron chi connectivity index (χ3n) is 3.54. The van der Waals surface area contributed by atoms with Gasteiger partial charge in [-0.1, -0.05) is 18.2 Å². The van der Waals surface area contributed by atoms with Crippen LogP contribution in [-0.4, -0.2) is 36.6 Å². The number of hydrogen-bond acceptors (Lipinski definition) is 3. The molecule has 0 N–H and O–H groups in total. The number of hydrogen-bond donors (Lipinski definition) is 0. The van der Waals surface area contributed by atoms with Gasteiger partial charge in [0.1, 0.15) is 5.82 Å². The molecule has 0 spiro atoms. The molecule has 0 amide bonds. The number of methoxy groups -OCH3 is 1. The number of halogens is 1. The molecule has 0 fully saturated rings. The molecule has 114 valence electrons. The summed E-state index contributed by atoms with van der Waals surface area (Å²) in [5, 5.41) is 4.68. The molecule has 0 bridgehead atoms. The van der Waals surface area contributed by atoms with Gasteiger partial charge in [-0.2, -0.15) is 5.10 Å². The van der Waals surface area contributed by atoms with Crippen molar-refractivity contribution in [2.75, 3.05) is 31.7 Å². The molecule has 0 atom stereocenters. The molecular formula is C16H22ClN3O. The average molecular weight is 308 g/mol. The maximum atomic E-state index is 6.16. The molecule has 0 unspecified atom stereocenters. The number of aromatic nitrogens is 2. The first-order valence-corrected chi connectivity index (χ1v) is 7.70. The van der Waals surface area contributed by atoms with Gasteiger partial charge in [-0.15, -0.1) is 11.6 Å². The summed E-state index contributed by atoms with van der Waals surface area (Å²) in [6, 6.07) is 10.1. The van der Waals surface area contributed by atoms with Crippen LogP contribution in [0, 0.1) is 6.92 Å². The minimum Gasteiger partial charge on any atom is -0.383 e. The zero-order valence-corrected chi connectivity index (χ0v) is 13.6. The molecule has 4 nitrogen and oxygen atoms in total. The fourth-order valence-electron chi connectivity index (χ4n) is 2.39. The summed E-state index contributed by atoms with van der Waals surface area (Å²) < 4.78 is 7.20. The Labute approximate surface area is 131 Å². The zero-order chi connectivity index (χ0) is 15.2. The lowest BCUT2D eigenvalue weighted by molar-refractivity contribution is 0.205. The highest BCUT2D eigenvalue weighted by Gasteiger charge is 2.20. The number of alkyl halides is 1. The number of likely N-dealkylation sites (N-methyl/N-ethyl adjacent to an activating group) is 1. The number of rotatable bonds is 7. The summed E-state index contributed by atoms with van der Waals surface area (Å²) in [7, 11) is 1.72. The molecule has 5 heteroatoms. The van der Waals surface area contributed by atoms with Crippen molar-refractivity contribution in [1.82, 2.24) is 9.78 Å². The van der Waals surface area contributed by atoms with Crippen molar-refractivity contribution in [1.29, 1.82) is 0 Å². The van der Waals surface area contributed by atoms with Crippen LogP contribution in [0.15, 0.2) is 30.3 Å². The Hall–Kier alpha value is -1.52. The summed E-state index contributed by atoms with van der Waals surface area (Å²) >= 11 is 6.16. The second-order valence-corrected chi connectivity index (χ2v) is 5.11. The molecule has 1 heterocycles. The van der Waals surface area contributed by atoms with Crippen LogP contribution in [0.5, 0.6) is 0 Å². The van der Waals surface area contributed by atoms with Crippen molar-refractivity contribution < 1.29 is 4.74 Å². The summed E-state index contributed by atoms with van der Waals surface area (Å²) in [6.07, 6.45) is 0. The fourth-order valence-corrected chi connectivity index (χ4v) is 2.71. The van der Waals surface area contributed by atoms with Crippen molar-refractivity contribution in [2.24, 2.45) is 0 Å². The van der Waals surface area contributed by atoms with Crippen LogP contribution in [0.3, 0.4) is 0 Å². The number of nitrogens with zero attached hydrogens (tertiary/aromatic N) is 3. The lowest BCUT2D eigenvalue weighted by Crippen LogP contribution is -2.29. The van der Waals surface area contributed by atoms with Crippen LogP contribution in [0.2, 0.25) is 0 Å². The third kappa shape index (κ3) is 3.39. The monoisotopic (exact) mass is 307 g/mol. The Balaban J connectivity index is 2.50. The average Bonchev–Trinajstić information content (AvgIpc) is 2.86. The predicted molar refractivity (Wildman–Crippen MR) is 87.6 cm³/mol. The van der Waals surface area contributed by atoms with Crippen molar-refractivity contribution in [2.45, 2.75) is 19.7 Å². The lowest BCUT2D eigenvalue weighted by atomic mass is 10.2. The Kier molecular flexibility index (Phi) is 5.65. The second-order valence-electron chi connectivity index (χ2n) is 4.84. The fraction of sp³-hybridized carbons (Fsp3) is 0.438. The summed E-state index contributed by atoms with van der Waals surface area (Å²) in [6.45, 7) is 6.50. The third-order valence-corrected chi connectivity index (χ3v) is 3.81. The summed E-state index contributed by atoms with van der Waals surface area (Å²) in [5.74, 6) is 1.52. The van der Waals surface area contributed by atoms with Crippen LogP contribution in [0.1, 0.15) is 18.2 Å². The Morgan fingerprint density at radius 3 is 2.57 bits per heavy atom. The van der Waals surface area contributed by atoms with Gasteiger partial charge in [-0.3, -0.25) is 0 Å². The van der Waals surface area contributed by atoms with E-state index in [0.717, 1.165) is 35.9 Å². The van der Waals surface area contributed by atoms with E-state index in [2.05, 4.69) is 29.1 Å². The van der Waals surface area contributed by atoms with Gasteiger partial charge >= 0.3 is 0 Å². The van der Waals surface area contributed by atoms with E-state index in [0.29, 0.717) is 12.5 Å².